The van der Waals surface area contributed by atoms with Gasteiger partial charge in [0.25, 0.3) is 0 Å². The van der Waals surface area contributed by atoms with E-state index in [1.165, 1.54) is 20.1 Å². The van der Waals surface area contributed by atoms with Crippen molar-refractivity contribution in [2.45, 2.75) is 13.0 Å². The summed E-state index contributed by atoms with van der Waals surface area (Å²) in [5, 5.41) is 0. The van der Waals surface area contributed by atoms with Crippen LogP contribution in [0.15, 0.2) is 18.2 Å². The van der Waals surface area contributed by atoms with Crippen molar-refractivity contribution in [1.29, 1.82) is 0 Å². The van der Waals surface area contributed by atoms with Crippen LogP contribution in [0.2, 0.25) is 0 Å². The average molecular weight is 227 g/mol. The second kappa shape index (κ2) is 5.46. The molecule has 0 saturated heterocycles. The number of hydrogen-bond donors (Lipinski definition) is 1. The molecule has 0 aliphatic heterocycles. The third-order valence-corrected chi connectivity index (χ3v) is 2.04. The molecule has 0 spiro atoms. The summed E-state index contributed by atoms with van der Waals surface area (Å²) in [6, 6.07) is 4.00. The van der Waals surface area contributed by atoms with Crippen molar-refractivity contribution >= 4 is 5.97 Å². The molecule has 0 aromatic heterocycles. The van der Waals surface area contributed by atoms with Crippen LogP contribution in [-0.4, -0.2) is 19.8 Å². The number of carbonyl (C=O) groups excluding carboxylic acids is 1. The number of hydrogen-bond acceptors (Lipinski definition) is 4. The molecule has 0 heterocycles. The van der Waals surface area contributed by atoms with Crippen LogP contribution in [0.1, 0.15) is 18.5 Å². The highest BCUT2D eigenvalue weighted by molar-refractivity contribution is 5.70. The first-order chi connectivity index (χ1) is 7.58. The zero-order valence-corrected chi connectivity index (χ0v) is 9.20. The highest BCUT2D eigenvalue weighted by Gasteiger charge is 2.11. The molecule has 0 radical (unpaired) electrons. The minimum Gasteiger partial charge on any atom is -0.493 e. The van der Waals surface area contributed by atoms with E-state index >= 15 is 0 Å². The summed E-state index contributed by atoms with van der Waals surface area (Å²) < 4.78 is 22.3. The lowest BCUT2D eigenvalue weighted by Crippen LogP contribution is -2.12. The number of halogens is 1. The van der Waals surface area contributed by atoms with Gasteiger partial charge >= 0.3 is 5.97 Å². The summed E-state index contributed by atoms with van der Waals surface area (Å²) in [7, 11) is 1.44. The van der Waals surface area contributed by atoms with Gasteiger partial charge in [0.2, 0.25) is 0 Å². The largest absolute Gasteiger partial charge is 0.493 e. The van der Waals surface area contributed by atoms with Gasteiger partial charge in [0.1, 0.15) is 6.67 Å². The van der Waals surface area contributed by atoms with E-state index in [-0.39, 0.29) is 0 Å². The van der Waals surface area contributed by atoms with Gasteiger partial charge in [-0.25, -0.2) is 4.39 Å². The van der Waals surface area contributed by atoms with Gasteiger partial charge in [-0.15, -0.1) is 0 Å². The molecule has 1 aromatic carbocycles. The van der Waals surface area contributed by atoms with Gasteiger partial charge in [-0.3, -0.25) is 4.79 Å². The second-order valence-corrected chi connectivity index (χ2v) is 3.26. The van der Waals surface area contributed by atoms with Crippen LogP contribution in [0.3, 0.4) is 0 Å². The van der Waals surface area contributed by atoms with Crippen LogP contribution in [-0.2, 0) is 4.79 Å². The highest BCUT2D eigenvalue weighted by Crippen LogP contribution is 2.30. The fraction of sp³-hybridized carbons (Fsp3) is 0.364. The molecule has 4 nitrogen and oxygen atoms in total. The lowest BCUT2D eigenvalue weighted by atomic mass is 10.1. The number of ether oxygens (including phenoxy) is 2. The molecule has 2 N–H and O–H groups in total. The first-order valence-corrected chi connectivity index (χ1v) is 4.76. The fourth-order valence-electron chi connectivity index (χ4n) is 1.24. The van der Waals surface area contributed by atoms with Gasteiger partial charge in [0.05, 0.1) is 13.2 Å². The van der Waals surface area contributed by atoms with Crippen molar-refractivity contribution in [3.63, 3.8) is 0 Å². The monoisotopic (exact) mass is 227 g/mol. The summed E-state index contributed by atoms with van der Waals surface area (Å²) in [5.74, 6) is 0.210. The van der Waals surface area contributed by atoms with Crippen molar-refractivity contribution in [1.82, 2.24) is 0 Å². The Morgan fingerprint density at radius 1 is 1.50 bits per heavy atom. The summed E-state index contributed by atoms with van der Waals surface area (Å²) in [4.78, 5) is 10.8. The zero-order valence-electron chi connectivity index (χ0n) is 9.20. The predicted molar refractivity (Wildman–Crippen MR) is 57.2 cm³/mol. The molecule has 1 rings (SSSR count). The Labute approximate surface area is 93.2 Å². The Kier molecular flexibility index (Phi) is 4.25. The number of rotatable bonds is 4. The summed E-state index contributed by atoms with van der Waals surface area (Å²) in [5.41, 5.74) is 6.12. The van der Waals surface area contributed by atoms with E-state index in [1.54, 1.807) is 12.1 Å². The van der Waals surface area contributed by atoms with E-state index in [4.69, 9.17) is 15.2 Å². The first kappa shape index (κ1) is 12.4. The lowest BCUT2D eigenvalue weighted by molar-refractivity contribution is -0.132. The predicted octanol–water partition coefficient (Wildman–Crippen LogP) is 1.59. The van der Waals surface area contributed by atoms with Crippen LogP contribution in [0.4, 0.5) is 4.39 Å². The minimum absolute atomic E-state index is 0.296. The Morgan fingerprint density at radius 3 is 2.69 bits per heavy atom. The number of nitrogens with two attached hydrogens (primary N) is 1. The molecule has 16 heavy (non-hydrogen) atoms. The molecule has 0 unspecified atom stereocenters. The van der Waals surface area contributed by atoms with Crippen LogP contribution < -0.4 is 15.2 Å². The summed E-state index contributed by atoms with van der Waals surface area (Å²) >= 11 is 0. The number of esters is 1. The minimum atomic E-state index is -0.694. The molecule has 0 bridgehead atoms. The van der Waals surface area contributed by atoms with E-state index < -0.39 is 18.7 Å². The molecule has 0 aliphatic carbocycles. The SMILES string of the molecule is COc1cc([C@H](N)CF)ccc1OC(C)=O. The highest BCUT2D eigenvalue weighted by atomic mass is 19.1. The number of benzene rings is 1. The number of methoxy groups -OCH3 is 1. The van der Waals surface area contributed by atoms with Crippen LogP contribution in [0.25, 0.3) is 0 Å². The maximum atomic E-state index is 12.4. The molecule has 1 aromatic rings. The smallest absolute Gasteiger partial charge is 0.308 e. The van der Waals surface area contributed by atoms with Crippen molar-refractivity contribution in [3.8, 4) is 11.5 Å². The van der Waals surface area contributed by atoms with E-state index in [9.17, 15) is 9.18 Å². The number of carbonyl (C=O) groups is 1. The molecular weight excluding hydrogens is 213 g/mol. The molecular formula is C11H14FNO3. The summed E-state index contributed by atoms with van der Waals surface area (Å²) in [6.07, 6.45) is 0. The van der Waals surface area contributed by atoms with Crippen LogP contribution in [0.5, 0.6) is 11.5 Å². The normalized spacial score (nSPS) is 12.0. The van der Waals surface area contributed by atoms with Gasteiger partial charge in [0.15, 0.2) is 11.5 Å². The number of alkyl halides is 1. The van der Waals surface area contributed by atoms with E-state index in [2.05, 4.69) is 0 Å². The lowest BCUT2D eigenvalue weighted by Gasteiger charge is -2.12. The molecule has 1 atom stereocenters. The van der Waals surface area contributed by atoms with Crippen molar-refractivity contribution < 1.29 is 18.7 Å². The van der Waals surface area contributed by atoms with Crippen molar-refractivity contribution in [2.24, 2.45) is 5.73 Å². The van der Waals surface area contributed by atoms with Gasteiger partial charge in [-0.1, -0.05) is 6.07 Å². The molecule has 0 aliphatic rings. The summed E-state index contributed by atoms with van der Waals surface area (Å²) in [6.45, 7) is 0.636. The molecule has 5 heteroatoms. The van der Waals surface area contributed by atoms with E-state index in [0.717, 1.165) is 0 Å². The average Bonchev–Trinajstić information content (AvgIpc) is 2.27. The first-order valence-electron chi connectivity index (χ1n) is 4.76. The van der Waals surface area contributed by atoms with E-state index in [0.29, 0.717) is 17.1 Å². The Bertz CT molecular complexity index is 381. The van der Waals surface area contributed by atoms with Gasteiger partial charge in [-0.2, -0.15) is 0 Å². The van der Waals surface area contributed by atoms with Crippen LogP contribution >= 0.6 is 0 Å². The van der Waals surface area contributed by atoms with Crippen molar-refractivity contribution in [3.05, 3.63) is 23.8 Å². The Hall–Kier alpha value is -1.62. The topological polar surface area (TPSA) is 61.6 Å². The van der Waals surface area contributed by atoms with Gasteiger partial charge in [-0.05, 0) is 17.7 Å². The fourth-order valence-corrected chi connectivity index (χ4v) is 1.24. The van der Waals surface area contributed by atoms with Gasteiger partial charge < -0.3 is 15.2 Å². The second-order valence-electron chi connectivity index (χ2n) is 3.26. The third-order valence-electron chi connectivity index (χ3n) is 2.04. The maximum Gasteiger partial charge on any atom is 0.308 e. The van der Waals surface area contributed by atoms with Crippen LogP contribution in [0, 0.1) is 0 Å². The molecule has 0 amide bonds. The Morgan fingerprint density at radius 2 is 2.19 bits per heavy atom. The maximum absolute atomic E-state index is 12.4. The van der Waals surface area contributed by atoms with Gasteiger partial charge in [0, 0.05) is 6.92 Å². The molecule has 88 valence electrons. The zero-order chi connectivity index (χ0) is 12.1. The third kappa shape index (κ3) is 2.93. The molecule has 0 fully saturated rings. The molecule has 0 saturated carbocycles. The Balaban J connectivity index is 3.01. The van der Waals surface area contributed by atoms with Crippen molar-refractivity contribution in [2.75, 3.05) is 13.8 Å². The van der Waals surface area contributed by atoms with E-state index in [1.807, 2.05) is 0 Å². The standard InChI is InChI=1S/C11H14FNO3/c1-7(14)16-10-4-3-8(9(13)6-12)5-11(10)15-2/h3-5,9H,6,13H2,1-2H3/t9-/m1/s1. The quantitative estimate of drug-likeness (QED) is 0.626.